The van der Waals surface area contributed by atoms with Gasteiger partial charge in [-0.15, -0.1) is 0 Å². The Hall–Kier alpha value is -4.40. The fraction of sp³-hybridized carbons (Fsp3) is 0.756. The smallest absolute Gasteiger partial charge is 0.326 e. The molecule has 13 atom stereocenters. The van der Waals surface area contributed by atoms with Crippen LogP contribution < -0.4 is 10.6 Å². The van der Waals surface area contributed by atoms with Gasteiger partial charge in [0.1, 0.15) is 24.3 Å². The Balaban J connectivity index is 2.28. The summed E-state index contributed by atoms with van der Waals surface area (Å²) < 4.78 is 11.9. The lowest BCUT2D eigenvalue weighted by atomic mass is 9.89. The van der Waals surface area contributed by atoms with Gasteiger partial charge in [-0.25, -0.2) is 4.79 Å². The monoisotopic (exact) mass is 921 g/mol. The number of rotatable bonds is 28. The average molecular weight is 921 g/mol. The van der Waals surface area contributed by atoms with Gasteiger partial charge in [-0.1, -0.05) is 90.3 Å². The zero-order chi connectivity index (χ0) is 49.3. The maximum atomic E-state index is 14.5. The van der Waals surface area contributed by atoms with Crippen LogP contribution in [-0.4, -0.2) is 185 Å². The number of aliphatic hydroxyl groups excluding tert-OH is 4. The van der Waals surface area contributed by atoms with Crippen molar-refractivity contribution in [1.82, 2.24) is 25.3 Å². The maximum Gasteiger partial charge on any atom is 0.326 e. The minimum atomic E-state index is -1.84. The fourth-order valence-corrected chi connectivity index (χ4v) is 8.84. The average Bonchev–Trinajstić information content (AvgIpc) is 3.75. The van der Waals surface area contributed by atoms with E-state index in [1.807, 2.05) is 19.9 Å². The molecule has 7 N–H and O–H groups in total. The van der Waals surface area contributed by atoms with Crippen LogP contribution in [0.5, 0.6) is 0 Å². The number of hydrogen-bond acceptors (Lipinski definition) is 13. The van der Waals surface area contributed by atoms with E-state index in [0.717, 1.165) is 5.56 Å². The second-order valence-corrected chi connectivity index (χ2v) is 18.1. The largest absolute Gasteiger partial charge is 0.480 e. The van der Waals surface area contributed by atoms with E-state index in [4.69, 9.17) is 15.0 Å². The summed E-state index contributed by atoms with van der Waals surface area (Å²) in [6.07, 6.45) is -6.70. The Morgan fingerprint density at radius 2 is 1.52 bits per heavy atom. The van der Waals surface area contributed by atoms with Crippen LogP contribution in [0, 0.1) is 23.7 Å². The zero-order valence-electron chi connectivity index (χ0n) is 40.0. The molecule has 0 aromatic heterocycles. The molecular formula is C45H76N8O12. The molecule has 13 unspecified atom stereocenters. The lowest BCUT2D eigenvalue weighted by Crippen LogP contribution is -2.60. The summed E-state index contributed by atoms with van der Waals surface area (Å²) in [5.74, 6) is -4.64. The molecule has 0 radical (unpaired) electrons. The quantitative estimate of drug-likeness (QED) is 0.0358. The molecule has 4 amide bonds. The first-order valence-corrected chi connectivity index (χ1v) is 22.5. The summed E-state index contributed by atoms with van der Waals surface area (Å²) in [6, 6.07) is 4.74. The Kier molecular flexibility index (Phi) is 23.8. The number of nitrogens with one attached hydrogen (secondary N) is 2. The highest BCUT2D eigenvalue weighted by atomic mass is 16.5. The summed E-state index contributed by atoms with van der Waals surface area (Å²) in [7, 11) is 6.09. The van der Waals surface area contributed by atoms with Gasteiger partial charge in [0.25, 0.3) is 0 Å². The lowest BCUT2D eigenvalue weighted by molar-refractivity contribution is -0.148. The first-order valence-electron chi connectivity index (χ1n) is 22.5. The second-order valence-electron chi connectivity index (χ2n) is 18.1. The van der Waals surface area contributed by atoms with Crippen molar-refractivity contribution in [1.29, 1.82) is 0 Å². The minimum absolute atomic E-state index is 0.0906. The van der Waals surface area contributed by atoms with Crippen molar-refractivity contribution in [2.45, 2.75) is 147 Å². The molecule has 1 saturated heterocycles. The van der Waals surface area contributed by atoms with Crippen molar-refractivity contribution < 1.29 is 59.0 Å². The topological polar surface area (TPSA) is 288 Å². The highest BCUT2D eigenvalue weighted by Gasteiger charge is 2.44. The standard InChI is InChI=1S/C45H76N8O12/c1-12-27(6)38(52(9)44(61)36(25(2)3)49-43(60)37(26(4)5)51(8)24-33(55)40(58)39(57)32(54)23-47-50-46)34(64-10)22-35(56)53-20-16-19-31(53)41(65-11)28(7)42(59)48-30(45(62)63)21-29-17-14-13-15-18-29/h13-15,17-18,25-28,30-34,36-41,54-55,57-58H,12,16,19-24H2,1-11H3,(H,48,59)(H,49,60)(H,62,63). The van der Waals surface area contributed by atoms with E-state index >= 15 is 0 Å². The molecule has 0 saturated carbocycles. The van der Waals surface area contributed by atoms with E-state index < -0.39 is 109 Å². The third kappa shape index (κ3) is 15.9. The van der Waals surface area contributed by atoms with Crippen LogP contribution in [0.4, 0.5) is 0 Å². The number of aliphatic hydroxyl groups is 4. The number of ether oxygens (including phenoxy) is 2. The van der Waals surface area contributed by atoms with Crippen LogP contribution in [0.1, 0.15) is 79.7 Å². The highest BCUT2D eigenvalue weighted by Crippen LogP contribution is 2.30. The molecule has 20 heteroatoms. The van der Waals surface area contributed by atoms with E-state index in [-0.39, 0.29) is 37.1 Å². The maximum absolute atomic E-state index is 14.5. The van der Waals surface area contributed by atoms with Crippen LogP contribution in [0.2, 0.25) is 0 Å². The summed E-state index contributed by atoms with van der Waals surface area (Å²) in [5.41, 5.74) is 9.26. The molecule has 1 aliphatic rings. The third-order valence-electron chi connectivity index (χ3n) is 12.7. The summed E-state index contributed by atoms with van der Waals surface area (Å²) in [6.45, 7) is 12.2. The van der Waals surface area contributed by atoms with Gasteiger partial charge in [0, 0.05) is 45.7 Å². The molecule has 1 fully saturated rings. The number of carbonyl (C=O) groups is 5. The Morgan fingerprint density at radius 3 is 2.05 bits per heavy atom. The van der Waals surface area contributed by atoms with Crippen molar-refractivity contribution in [2.75, 3.05) is 47.9 Å². The van der Waals surface area contributed by atoms with E-state index in [0.29, 0.717) is 25.8 Å². The Morgan fingerprint density at radius 1 is 0.908 bits per heavy atom. The van der Waals surface area contributed by atoms with E-state index in [1.165, 1.54) is 31.1 Å². The van der Waals surface area contributed by atoms with Crippen LogP contribution >= 0.6 is 0 Å². The van der Waals surface area contributed by atoms with Crippen molar-refractivity contribution in [3.05, 3.63) is 46.3 Å². The SMILES string of the molecule is CCC(C)C(C(CC(=O)N1CCCC1C(OC)C(C)C(=O)NC(Cc1ccccc1)C(=O)O)OC)N(C)C(=O)C(NC(=O)C(C(C)C)N(C)CC(O)C(O)C(O)C(O)CN=[N+]=[N-])C(C)C. The molecule has 1 heterocycles. The number of benzene rings is 1. The Bertz CT molecular complexity index is 1720. The van der Waals surface area contributed by atoms with Crippen LogP contribution in [0.25, 0.3) is 10.4 Å². The number of carboxylic acids is 1. The molecule has 0 spiro atoms. The van der Waals surface area contributed by atoms with E-state index in [2.05, 4.69) is 20.7 Å². The van der Waals surface area contributed by atoms with Crippen LogP contribution in [0.15, 0.2) is 35.4 Å². The number of likely N-dealkylation sites (N-methyl/N-ethyl adjacent to an activating group) is 2. The number of methoxy groups -OCH3 is 2. The van der Waals surface area contributed by atoms with Crippen LogP contribution in [0.3, 0.4) is 0 Å². The van der Waals surface area contributed by atoms with Gasteiger partial charge in [-0.2, -0.15) is 0 Å². The van der Waals surface area contributed by atoms with Gasteiger partial charge in [-0.3, -0.25) is 24.1 Å². The number of hydrogen-bond donors (Lipinski definition) is 7. The molecule has 2 rings (SSSR count). The number of carbonyl (C=O) groups excluding carboxylic acids is 4. The molecule has 1 aliphatic heterocycles. The number of nitrogens with zero attached hydrogens (tertiary/aromatic N) is 6. The van der Waals surface area contributed by atoms with E-state index in [1.54, 1.807) is 70.8 Å². The molecule has 0 aliphatic carbocycles. The minimum Gasteiger partial charge on any atom is -0.480 e. The first kappa shape index (κ1) is 56.7. The normalized spacial score (nSPS) is 19.7. The number of amides is 4. The molecule has 65 heavy (non-hydrogen) atoms. The second kappa shape index (κ2) is 27.3. The van der Waals surface area contributed by atoms with Crippen molar-refractivity contribution >= 4 is 29.6 Å². The number of aliphatic carboxylic acids is 1. The summed E-state index contributed by atoms with van der Waals surface area (Å²) in [4.78, 5) is 75.8. The molecule has 1 aromatic rings. The third-order valence-corrected chi connectivity index (χ3v) is 12.7. The first-order chi connectivity index (χ1) is 30.6. The van der Waals surface area contributed by atoms with Gasteiger partial charge >= 0.3 is 5.97 Å². The predicted molar refractivity (Wildman–Crippen MR) is 242 cm³/mol. The molecular weight excluding hydrogens is 845 g/mol. The molecule has 20 nitrogen and oxygen atoms in total. The number of azide groups is 1. The fourth-order valence-electron chi connectivity index (χ4n) is 8.84. The van der Waals surface area contributed by atoms with Crippen LogP contribution in [-0.2, 0) is 39.9 Å². The summed E-state index contributed by atoms with van der Waals surface area (Å²) >= 11 is 0. The predicted octanol–water partition coefficient (Wildman–Crippen LogP) is 1.57. The number of carboxylic acid groups (broad SMARTS) is 1. The van der Waals surface area contributed by atoms with E-state index in [9.17, 15) is 49.5 Å². The van der Waals surface area contributed by atoms with Crippen molar-refractivity contribution in [3.8, 4) is 0 Å². The lowest BCUT2D eigenvalue weighted by Gasteiger charge is -2.41. The van der Waals surface area contributed by atoms with Gasteiger partial charge in [0.2, 0.25) is 23.6 Å². The molecule has 0 bridgehead atoms. The summed E-state index contributed by atoms with van der Waals surface area (Å²) in [5, 5.41) is 60.3. The van der Waals surface area contributed by atoms with Gasteiger partial charge in [-0.05, 0) is 48.7 Å². The van der Waals surface area contributed by atoms with Crippen molar-refractivity contribution in [3.63, 3.8) is 0 Å². The highest BCUT2D eigenvalue weighted by molar-refractivity contribution is 5.90. The van der Waals surface area contributed by atoms with Gasteiger partial charge in [0.05, 0.1) is 61.4 Å². The number of likely N-dealkylation sites (tertiary alicyclic amines) is 1. The van der Waals surface area contributed by atoms with Gasteiger partial charge < -0.3 is 55.4 Å². The zero-order valence-corrected chi connectivity index (χ0v) is 40.0. The molecule has 368 valence electrons. The Labute approximate surface area is 383 Å². The van der Waals surface area contributed by atoms with Gasteiger partial charge in [0.15, 0.2) is 0 Å². The van der Waals surface area contributed by atoms with Crippen molar-refractivity contribution in [2.24, 2.45) is 28.8 Å². The molecule has 1 aromatic carbocycles.